The molecule has 0 aliphatic heterocycles. The van der Waals surface area contributed by atoms with E-state index in [9.17, 15) is 4.79 Å². The monoisotopic (exact) mass is 491 g/mol. The largest absolute Gasteiger partial charge is 0.497 e. The standard InChI is InChI=1S/C26H29N5O3S/c1-30-23(15-21(29-30)20-14-19(33-2)10-11-24(20)34-3)26(32)27-16-17-13-22(25-9-6-12-35-25)31(28-17)18-7-4-5-8-18/h6,9-15,18H,4-5,7-8,16H2,1-3H3,(H,27,32). The molecule has 1 amide bonds. The lowest BCUT2D eigenvalue weighted by atomic mass is 10.1. The fourth-order valence-corrected chi connectivity index (χ4v) is 5.39. The number of nitrogens with zero attached hydrogens (tertiary/aromatic N) is 4. The van der Waals surface area contributed by atoms with Crippen LogP contribution in [0.3, 0.4) is 0 Å². The lowest BCUT2D eigenvalue weighted by molar-refractivity contribution is 0.0941. The Balaban J connectivity index is 1.35. The maximum absolute atomic E-state index is 13.1. The van der Waals surface area contributed by atoms with E-state index in [4.69, 9.17) is 14.6 Å². The van der Waals surface area contributed by atoms with Crippen LogP contribution in [-0.4, -0.2) is 39.7 Å². The zero-order chi connectivity index (χ0) is 24.4. The highest BCUT2D eigenvalue weighted by Gasteiger charge is 2.23. The van der Waals surface area contributed by atoms with Crippen LogP contribution < -0.4 is 14.8 Å². The SMILES string of the molecule is COc1ccc(OC)c(-c2cc(C(=O)NCc3cc(-c4cccs4)n(C4CCCC4)n3)n(C)n2)c1. The Bertz CT molecular complexity index is 1320. The van der Waals surface area contributed by atoms with Gasteiger partial charge in [0.1, 0.15) is 17.2 Å². The second-order valence-corrected chi connectivity index (χ2v) is 9.62. The van der Waals surface area contributed by atoms with Crippen molar-refractivity contribution in [3.8, 4) is 33.3 Å². The van der Waals surface area contributed by atoms with Crippen molar-refractivity contribution in [3.05, 3.63) is 59.2 Å². The van der Waals surface area contributed by atoms with Crippen LogP contribution in [0.2, 0.25) is 0 Å². The van der Waals surface area contributed by atoms with Crippen LogP contribution >= 0.6 is 11.3 Å². The van der Waals surface area contributed by atoms with Gasteiger partial charge in [0, 0.05) is 12.6 Å². The summed E-state index contributed by atoms with van der Waals surface area (Å²) in [7, 11) is 4.98. The highest BCUT2D eigenvalue weighted by molar-refractivity contribution is 7.13. The van der Waals surface area contributed by atoms with Crippen molar-refractivity contribution in [2.45, 2.75) is 38.3 Å². The summed E-state index contributed by atoms with van der Waals surface area (Å²) in [5.74, 6) is 1.15. The zero-order valence-corrected chi connectivity index (χ0v) is 21.0. The predicted molar refractivity (Wildman–Crippen MR) is 136 cm³/mol. The number of aryl methyl sites for hydroxylation is 1. The molecule has 1 fully saturated rings. The lowest BCUT2D eigenvalue weighted by Crippen LogP contribution is -2.25. The predicted octanol–water partition coefficient (Wildman–Crippen LogP) is 5.07. The number of hydrogen-bond acceptors (Lipinski definition) is 6. The molecule has 35 heavy (non-hydrogen) atoms. The fourth-order valence-electron chi connectivity index (χ4n) is 4.65. The number of benzene rings is 1. The van der Waals surface area contributed by atoms with E-state index in [1.54, 1.807) is 43.4 Å². The van der Waals surface area contributed by atoms with Gasteiger partial charge in [-0.25, -0.2) is 0 Å². The van der Waals surface area contributed by atoms with Gasteiger partial charge in [-0.3, -0.25) is 14.2 Å². The lowest BCUT2D eigenvalue weighted by Gasteiger charge is -2.13. The molecule has 4 aromatic rings. The average Bonchev–Trinajstić information content (AvgIpc) is 3.67. The van der Waals surface area contributed by atoms with E-state index in [0.717, 1.165) is 29.8 Å². The van der Waals surface area contributed by atoms with Crippen LogP contribution in [0.4, 0.5) is 0 Å². The Morgan fingerprint density at radius 3 is 2.66 bits per heavy atom. The molecule has 0 radical (unpaired) electrons. The third-order valence-electron chi connectivity index (χ3n) is 6.46. The minimum Gasteiger partial charge on any atom is -0.497 e. The summed E-state index contributed by atoms with van der Waals surface area (Å²) in [6.45, 7) is 0.347. The zero-order valence-electron chi connectivity index (χ0n) is 20.2. The van der Waals surface area contributed by atoms with Gasteiger partial charge in [0.2, 0.25) is 0 Å². The summed E-state index contributed by atoms with van der Waals surface area (Å²) in [6, 6.07) is 14.0. The van der Waals surface area contributed by atoms with E-state index in [1.807, 2.05) is 18.2 Å². The van der Waals surface area contributed by atoms with Gasteiger partial charge in [-0.2, -0.15) is 10.2 Å². The van der Waals surface area contributed by atoms with Gasteiger partial charge in [-0.1, -0.05) is 18.9 Å². The summed E-state index contributed by atoms with van der Waals surface area (Å²) in [4.78, 5) is 14.3. The van der Waals surface area contributed by atoms with Crippen molar-refractivity contribution in [2.75, 3.05) is 14.2 Å². The number of carbonyl (C=O) groups excluding carboxylic acids is 1. The molecule has 1 aliphatic carbocycles. The van der Waals surface area contributed by atoms with Crippen LogP contribution in [0.1, 0.15) is 47.9 Å². The highest BCUT2D eigenvalue weighted by atomic mass is 32.1. The molecule has 9 heteroatoms. The molecule has 1 saturated carbocycles. The van der Waals surface area contributed by atoms with Crippen LogP contribution in [0.15, 0.2) is 47.8 Å². The van der Waals surface area contributed by atoms with Crippen LogP contribution in [0.25, 0.3) is 21.8 Å². The first kappa shape index (κ1) is 23.2. The molecule has 0 saturated heterocycles. The smallest absolute Gasteiger partial charge is 0.269 e. The quantitative estimate of drug-likeness (QED) is 0.372. The summed E-state index contributed by atoms with van der Waals surface area (Å²) >= 11 is 1.71. The Morgan fingerprint density at radius 2 is 1.94 bits per heavy atom. The summed E-state index contributed by atoms with van der Waals surface area (Å²) in [5.41, 5.74) is 3.84. The number of nitrogens with one attached hydrogen (secondary N) is 1. The van der Waals surface area contributed by atoms with Gasteiger partial charge < -0.3 is 14.8 Å². The third-order valence-corrected chi connectivity index (χ3v) is 7.35. The molecular formula is C26H29N5O3S. The molecule has 0 unspecified atom stereocenters. The maximum atomic E-state index is 13.1. The topological polar surface area (TPSA) is 83.2 Å². The minimum absolute atomic E-state index is 0.207. The van der Waals surface area contributed by atoms with Crippen LogP contribution in [-0.2, 0) is 13.6 Å². The number of thiophene rings is 1. The average molecular weight is 492 g/mol. The second-order valence-electron chi connectivity index (χ2n) is 8.67. The number of methoxy groups -OCH3 is 2. The third kappa shape index (κ3) is 4.68. The number of aromatic nitrogens is 4. The van der Waals surface area contributed by atoms with E-state index >= 15 is 0 Å². The van der Waals surface area contributed by atoms with Gasteiger partial charge >= 0.3 is 0 Å². The Kier molecular flexibility index (Phi) is 6.59. The summed E-state index contributed by atoms with van der Waals surface area (Å²) in [5, 5.41) is 14.5. The highest BCUT2D eigenvalue weighted by Crippen LogP contribution is 2.35. The Labute approximate surface area is 208 Å². The second kappa shape index (κ2) is 9.95. The fraction of sp³-hybridized carbons (Fsp3) is 0.346. The normalized spacial score (nSPS) is 13.8. The van der Waals surface area contributed by atoms with E-state index in [1.165, 1.54) is 17.7 Å². The molecular weight excluding hydrogens is 462 g/mol. The van der Waals surface area contributed by atoms with Crippen molar-refractivity contribution in [1.29, 1.82) is 0 Å². The van der Waals surface area contributed by atoms with Gasteiger partial charge in [-0.15, -0.1) is 11.3 Å². The van der Waals surface area contributed by atoms with Crippen molar-refractivity contribution >= 4 is 17.2 Å². The molecule has 0 bridgehead atoms. The summed E-state index contributed by atoms with van der Waals surface area (Å²) in [6.07, 6.45) is 4.78. The molecule has 5 rings (SSSR count). The molecule has 8 nitrogen and oxygen atoms in total. The molecule has 3 aromatic heterocycles. The molecule has 0 atom stereocenters. The molecule has 182 valence electrons. The number of amides is 1. The Hall–Kier alpha value is -3.59. The Morgan fingerprint density at radius 1 is 1.11 bits per heavy atom. The van der Waals surface area contributed by atoms with Gasteiger partial charge in [0.25, 0.3) is 5.91 Å². The molecule has 3 heterocycles. The first-order valence-electron chi connectivity index (χ1n) is 11.7. The number of ether oxygens (including phenoxy) is 2. The molecule has 1 aliphatic rings. The maximum Gasteiger partial charge on any atom is 0.269 e. The van der Waals surface area contributed by atoms with Gasteiger partial charge in [-0.05, 0) is 54.6 Å². The first-order valence-corrected chi connectivity index (χ1v) is 12.6. The first-order chi connectivity index (χ1) is 17.1. The molecule has 0 spiro atoms. The van der Waals surface area contributed by atoms with Gasteiger partial charge in [0.05, 0.1) is 48.8 Å². The van der Waals surface area contributed by atoms with E-state index in [2.05, 4.69) is 38.7 Å². The summed E-state index contributed by atoms with van der Waals surface area (Å²) < 4.78 is 14.6. The van der Waals surface area contributed by atoms with Crippen molar-refractivity contribution in [3.63, 3.8) is 0 Å². The molecule has 1 N–H and O–H groups in total. The van der Waals surface area contributed by atoms with Crippen LogP contribution in [0.5, 0.6) is 11.5 Å². The van der Waals surface area contributed by atoms with Crippen molar-refractivity contribution in [1.82, 2.24) is 24.9 Å². The number of hydrogen-bond donors (Lipinski definition) is 1. The minimum atomic E-state index is -0.207. The molecule has 1 aromatic carbocycles. The number of rotatable bonds is 8. The van der Waals surface area contributed by atoms with Crippen LogP contribution in [0, 0.1) is 0 Å². The van der Waals surface area contributed by atoms with Crippen molar-refractivity contribution < 1.29 is 14.3 Å². The number of carbonyl (C=O) groups is 1. The van der Waals surface area contributed by atoms with E-state index in [0.29, 0.717) is 35.5 Å². The van der Waals surface area contributed by atoms with E-state index < -0.39 is 0 Å². The van der Waals surface area contributed by atoms with Gasteiger partial charge in [0.15, 0.2) is 0 Å². The van der Waals surface area contributed by atoms with Crippen molar-refractivity contribution in [2.24, 2.45) is 7.05 Å². The van der Waals surface area contributed by atoms with E-state index in [-0.39, 0.29) is 5.91 Å².